The highest BCUT2D eigenvalue weighted by molar-refractivity contribution is 9.10. The third-order valence-corrected chi connectivity index (χ3v) is 5.27. The highest BCUT2D eigenvalue weighted by Crippen LogP contribution is 2.28. The van der Waals surface area contributed by atoms with Crippen LogP contribution >= 0.6 is 15.9 Å². The molecule has 2 unspecified atom stereocenters. The first-order chi connectivity index (χ1) is 8.74. The van der Waals surface area contributed by atoms with Crippen LogP contribution in [0.2, 0.25) is 0 Å². The van der Waals surface area contributed by atoms with Gasteiger partial charge in [-0.1, -0.05) is 28.1 Å². The normalized spacial score (nSPS) is 28.3. The van der Waals surface area contributed by atoms with E-state index in [2.05, 4.69) is 51.3 Å². The SMILES string of the molecule is Cc1ccc(CN2CCCC3CNCC32)cc1Br. The molecule has 0 radical (unpaired) electrons. The van der Waals surface area contributed by atoms with Crippen molar-refractivity contribution in [3.05, 3.63) is 33.8 Å². The molecule has 2 saturated heterocycles. The molecule has 1 aromatic carbocycles. The largest absolute Gasteiger partial charge is 0.315 e. The van der Waals surface area contributed by atoms with Gasteiger partial charge >= 0.3 is 0 Å². The fourth-order valence-electron chi connectivity index (χ4n) is 3.33. The molecule has 1 N–H and O–H groups in total. The fraction of sp³-hybridized carbons (Fsp3) is 0.600. The van der Waals surface area contributed by atoms with Crippen LogP contribution in [-0.2, 0) is 6.54 Å². The van der Waals surface area contributed by atoms with E-state index < -0.39 is 0 Å². The zero-order valence-corrected chi connectivity index (χ0v) is 12.5. The predicted molar refractivity (Wildman–Crippen MR) is 78.7 cm³/mol. The van der Waals surface area contributed by atoms with Gasteiger partial charge < -0.3 is 5.32 Å². The molecule has 3 rings (SSSR count). The van der Waals surface area contributed by atoms with Crippen LogP contribution < -0.4 is 5.32 Å². The lowest BCUT2D eigenvalue weighted by Crippen LogP contribution is -2.44. The Morgan fingerprint density at radius 2 is 2.28 bits per heavy atom. The van der Waals surface area contributed by atoms with Gasteiger partial charge in [0.25, 0.3) is 0 Å². The van der Waals surface area contributed by atoms with Crippen LogP contribution in [0.3, 0.4) is 0 Å². The molecule has 0 spiro atoms. The fourth-order valence-corrected chi connectivity index (χ4v) is 3.76. The van der Waals surface area contributed by atoms with E-state index >= 15 is 0 Å². The van der Waals surface area contributed by atoms with Crippen molar-refractivity contribution in [2.75, 3.05) is 19.6 Å². The molecule has 2 heterocycles. The molecule has 18 heavy (non-hydrogen) atoms. The average Bonchev–Trinajstić information content (AvgIpc) is 2.83. The Hall–Kier alpha value is -0.380. The summed E-state index contributed by atoms with van der Waals surface area (Å²) in [7, 11) is 0. The van der Waals surface area contributed by atoms with E-state index in [1.54, 1.807) is 0 Å². The summed E-state index contributed by atoms with van der Waals surface area (Å²) in [5, 5.41) is 3.55. The van der Waals surface area contributed by atoms with Gasteiger partial charge in [0.1, 0.15) is 0 Å². The van der Waals surface area contributed by atoms with E-state index in [0.29, 0.717) is 0 Å². The van der Waals surface area contributed by atoms with Crippen LogP contribution in [-0.4, -0.2) is 30.6 Å². The standard InChI is InChI=1S/C15H21BrN2/c1-11-4-5-12(7-14(11)16)10-18-6-2-3-13-8-17-9-15(13)18/h4-5,7,13,15,17H,2-3,6,8-10H2,1H3. The summed E-state index contributed by atoms with van der Waals surface area (Å²) in [6.07, 6.45) is 2.77. The van der Waals surface area contributed by atoms with E-state index in [-0.39, 0.29) is 0 Å². The van der Waals surface area contributed by atoms with E-state index in [1.165, 1.54) is 48.1 Å². The zero-order valence-electron chi connectivity index (χ0n) is 11.0. The Labute approximate surface area is 118 Å². The smallest absolute Gasteiger partial charge is 0.0264 e. The molecule has 2 fully saturated rings. The van der Waals surface area contributed by atoms with Gasteiger partial charge in [0, 0.05) is 23.6 Å². The maximum atomic E-state index is 3.64. The Morgan fingerprint density at radius 1 is 1.39 bits per heavy atom. The maximum absolute atomic E-state index is 3.64. The van der Waals surface area contributed by atoms with Crippen molar-refractivity contribution in [1.29, 1.82) is 0 Å². The number of likely N-dealkylation sites (tertiary alicyclic amines) is 1. The Kier molecular flexibility index (Phi) is 3.73. The van der Waals surface area contributed by atoms with Crippen molar-refractivity contribution < 1.29 is 0 Å². The summed E-state index contributed by atoms with van der Waals surface area (Å²) in [5.41, 5.74) is 2.75. The summed E-state index contributed by atoms with van der Waals surface area (Å²) >= 11 is 3.64. The number of rotatable bonds is 2. The predicted octanol–water partition coefficient (Wildman–Crippen LogP) is 2.94. The van der Waals surface area contributed by atoms with Crippen LogP contribution in [0.15, 0.2) is 22.7 Å². The summed E-state index contributed by atoms with van der Waals surface area (Å²) in [4.78, 5) is 2.67. The number of benzene rings is 1. The quantitative estimate of drug-likeness (QED) is 0.903. The van der Waals surface area contributed by atoms with Crippen molar-refractivity contribution in [2.45, 2.75) is 32.4 Å². The molecule has 2 aliphatic rings. The average molecular weight is 309 g/mol. The Morgan fingerprint density at radius 3 is 3.11 bits per heavy atom. The highest BCUT2D eigenvalue weighted by atomic mass is 79.9. The molecule has 1 aromatic rings. The minimum atomic E-state index is 0.763. The van der Waals surface area contributed by atoms with Gasteiger partial charge in [-0.15, -0.1) is 0 Å². The van der Waals surface area contributed by atoms with Crippen molar-refractivity contribution >= 4 is 15.9 Å². The number of fused-ring (bicyclic) bond motifs is 1. The minimum Gasteiger partial charge on any atom is -0.315 e. The number of hydrogen-bond acceptors (Lipinski definition) is 2. The van der Waals surface area contributed by atoms with Gasteiger partial charge in [-0.3, -0.25) is 4.90 Å². The summed E-state index contributed by atoms with van der Waals surface area (Å²) in [6, 6.07) is 7.53. The Balaban J connectivity index is 1.73. The van der Waals surface area contributed by atoms with Crippen LogP contribution in [0.4, 0.5) is 0 Å². The molecule has 0 amide bonds. The number of nitrogens with one attached hydrogen (secondary N) is 1. The van der Waals surface area contributed by atoms with Crippen molar-refractivity contribution in [1.82, 2.24) is 10.2 Å². The third kappa shape index (κ3) is 2.49. The first-order valence-corrected chi connectivity index (χ1v) is 7.73. The van der Waals surface area contributed by atoms with E-state index in [1.807, 2.05) is 0 Å². The Bertz CT molecular complexity index is 433. The second-order valence-corrected chi connectivity index (χ2v) is 6.54. The molecule has 0 aliphatic carbocycles. The molecular formula is C15H21BrN2. The molecule has 2 aliphatic heterocycles. The van der Waals surface area contributed by atoms with Crippen LogP contribution in [0.25, 0.3) is 0 Å². The topological polar surface area (TPSA) is 15.3 Å². The van der Waals surface area contributed by atoms with Gasteiger partial charge in [-0.25, -0.2) is 0 Å². The van der Waals surface area contributed by atoms with E-state index in [0.717, 1.165) is 18.5 Å². The summed E-state index contributed by atoms with van der Waals surface area (Å²) < 4.78 is 1.23. The van der Waals surface area contributed by atoms with Crippen LogP contribution in [0, 0.1) is 12.8 Å². The van der Waals surface area contributed by atoms with Crippen LogP contribution in [0.5, 0.6) is 0 Å². The lowest BCUT2D eigenvalue weighted by atomic mass is 9.91. The first kappa shape index (κ1) is 12.6. The molecule has 0 saturated carbocycles. The third-order valence-electron chi connectivity index (χ3n) is 4.42. The lowest BCUT2D eigenvalue weighted by Gasteiger charge is -2.37. The van der Waals surface area contributed by atoms with Gasteiger partial charge in [-0.05, 0) is 56.0 Å². The van der Waals surface area contributed by atoms with Gasteiger partial charge in [0.05, 0.1) is 0 Å². The molecule has 98 valence electrons. The second kappa shape index (κ2) is 5.32. The molecule has 0 bridgehead atoms. The van der Waals surface area contributed by atoms with Crippen molar-refractivity contribution in [3.8, 4) is 0 Å². The monoisotopic (exact) mass is 308 g/mol. The van der Waals surface area contributed by atoms with Gasteiger partial charge in [0.15, 0.2) is 0 Å². The summed E-state index contributed by atoms with van der Waals surface area (Å²) in [6.45, 7) is 6.90. The lowest BCUT2D eigenvalue weighted by molar-refractivity contribution is 0.117. The number of piperidine rings is 1. The van der Waals surface area contributed by atoms with Crippen LogP contribution in [0.1, 0.15) is 24.0 Å². The highest BCUT2D eigenvalue weighted by Gasteiger charge is 2.34. The summed E-state index contributed by atoms with van der Waals surface area (Å²) in [5.74, 6) is 0.882. The van der Waals surface area contributed by atoms with Crippen molar-refractivity contribution in [2.24, 2.45) is 5.92 Å². The molecular weight excluding hydrogens is 288 g/mol. The number of nitrogens with zero attached hydrogens (tertiary/aromatic N) is 1. The van der Waals surface area contributed by atoms with E-state index in [9.17, 15) is 0 Å². The number of halogens is 1. The number of hydrogen-bond donors (Lipinski definition) is 1. The second-order valence-electron chi connectivity index (χ2n) is 5.68. The molecule has 2 nitrogen and oxygen atoms in total. The molecule has 2 atom stereocenters. The van der Waals surface area contributed by atoms with Gasteiger partial charge in [0.2, 0.25) is 0 Å². The minimum absolute atomic E-state index is 0.763. The molecule has 3 heteroatoms. The number of aryl methyl sites for hydroxylation is 1. The maximum Gasteiger partial charge on any atom is 0.0264 e. The first-order valence-electron chi connectivity index (χ1n) is 6.94. The zero-order chi connectivity index (χ0) is 12.5. The molecule has 0 aromatic heterocycles. The van der Waals surface area contributed by atoms with Crippen molar-refractivity contribution in [3.63, 3.8) is 0 Å². The van der Waals surface area contributed by atoms with E-state index in [4.69, 9.17) is 0 Å². The van der Waals surface area contributed by atoms with Gasteiger partial charge in [-0.2, -0.15) is 0 Å².